The average Bonchev–Trinajstić information content (AvgIpc) is 3.40. The molecule has 39 heavy (non-hydrogen) atoms. The van der Waals surface area contributed by atoms with Crippen molar-refractivity contribution in [1.29, 1.82) is 0 Å². The molecule has 0 radical (unpaired) electrons. The minimum absolute atomic E-state index is 0.0622. The van der Waals surface area contributed by atoms with Crippen LogP contribution in [0.1, 0.15) is 36.5 Å². The molecule has 198 valence electrons. The number of hydrogen-bond donors (Lipinski definition) is 2. The molecule has 0 aliphatic rings. The van der Waals surface area contributed by atoms with Crippen molar-refractivity contribution in [3.8, 4) is 28.0 Å². The summed E-state index contributed by atoms with van der Waals surface area (Å²) in [5.41, 5.74) is 5.20. The zero-order valence-corrected chi connectivity index (χ0v) is 23.0. The van der Waals surface area contributed by atoms with Crippen LogP contribution in [0.3, 0.4) is 0 Å². The molecule has 0 aliphatic heterocycles. The van der Waals surface area contributed by atoms with Gasteiger partial charge in [-0.2, -0.15) is 4.37 Å². The van der Waals surface area contributed by atoms with Gasteiger partial charge in [-0.3, -0.25) is 4.79 Å². The van der Waals surface area contributed by atoms with E-state index < -0.39 is 0 Å². The molecule has 0 bridgehead atoms. The van der Waals surface area contributed by atoms with Gasteiger partial charge in [0.05, 0.1) is 11.3 Å². The second-order valence-corrected chi connectivity index (χ2v) is 10.3. The van der Waals surface area contributed by atoms with Gasteiger partial charge in [0.2, 0.25) is 0 Å². The quantitative estimate of drug-likeness (QED) is 0.159. The van der Waals surface area contributed by atoms with Crippen molar-refractivity contribution in [1.82, 2.24) is 9.69 Å². The molecule has 0 saturated carbocycles. The highest BCUT2D eigenvalue weighted by Crippen LogP contribution is 2.31. The number of fused-ring (bicyclic) bond motifs is 1. The van der Waals surface area contributed by atoms with Gasteiger partial charge in [0.25, 0.3) is 5.91 Å². The lowest BCUT2D eigenvalue weighted by Crippen LogP contribution is -2.25. The van der Waals surface area contributed by atoms with Crippen molar-refractivity contribution >= 4 is 33.3 Å². The third-order valence-electron chi connectivity index (χ3n) is 6.61. The molecule has 1 heterocycles. The van der Waals surface area contributed by atoms with Crippen LogP contribution in [0.4, 0.5) is 5.82 Å². The van der Waals surface area contributed by atoms with Gasteiger partial charge in [0.1, 0.15) is 11.6 Å². The molecular formula is C33H33N3O2S. The summed E-state index contributed by atoms with van der Waals surface area (Å²) in [5.74, 6) is 1.72. The number of hydrogen-bond acceptors (Lipinski definition) is 5. The lowest BCUT2D eigenvalue weighted by Gasteiger charge is -2.09. The maximum atomic E-state index is 12.6. The number of nitrogens with zero attached hydrogens (tertiary/aromatic N) is 1. The Labute approximate surface area is 234 Å². The predicted molar refractivity (Wildman–Crippen MR) is 163 cm³/mol. The van der Waals surface area contributed by atoms with Crippen molar-refractivity contribution in [2.75, 3.05) is 25.0 Å². The van der Waals surface area contributed by atoms with Crippen molar-refractivity contribution < 1.29 is 9.53 Å². The fraction of sp³-hybridized carbons (Fsp3) is 0.212. The average molecular weight is 536 g/mol. The number of anilines is 1. The number of nitrogens with one attached hydrogen (secondary N) is 2. The SMILES string of the molecule is CCCCOc1ccc(-c2ccc(C(=O)NCCCNc3nsc4ccc(-c5ccccc5)cc34)cc2)cc1. The Morgan fingerprint density at radius 2 is 1.49 bits per heavy atom. The number of carbonyl (C=O) groups is 1. The molecule has 2 N–H and O–H groups in total. The van der Waals surface area contributed by atoms with Crippen LogP contribution in [0.15, 0.2) is 97.1 Å². The lowest BCUT2D eigenvalue weighted by molar-refractivity contribution is 0.0953. The van der Waals surface area contributed by atoms with Crippen molar-refractivity contribution in [2.45, 2.75) is 26.2 Å². The summed E-state index contributed by atoms with van der Waals surface area (Å²) in [6, 6.07) is 32.7. The van der Waals surface area contributed by atoms with Crippen molar-refractivity contribution in [3.05, 3.63) is 103 Å². The molecule has 1 amide bonds. The van der Waals surface area contributed by atoms with Gasteiger partial charge < -0.3 is 15.4 Å². The molecule has 0 aliphatic carbocycles. The Kier molecular flexibility index (Phi) is 8.86. The first kappa shape index (κ1) is 26.4. The van der Waals surface area contributed by atoms with E-state index in [9.17, 15) is 4.79 Å². The van der Waals surface area contributed by atoms with Crippen LogP contribution in [-0.4, -0.2) is 30.0 Å². The van der Waals surface area contributed by atoms with E-state index in [1.54, 1.807) is 0 Å². The summed E-state index contributed by atoms with van der Waals surface area (Å²) < 4.78 is 11.5. The molecule has 5 rings (SSSR count). The zero-order chi connectivity index (χ0) is 26.9. The van der Waals surface area contributed by atoms with Gasteiger partial charge >= 0.3 is 0 Å². The molecule has 0 fully saturated rings. The Hall–Kier alpha value is -4.16. The standard InChI is InChI=1S/C33H33N3O2S/c1-2-3-22-38-29-17-14-26(15-18-29)25-10-12-27(13-11-25)33(37)35-21-7-20-34-32-30-23-28(16-19-31(30)39-36-32)24-8-5-4-6-9-24/h4-6,8-19,23H,2-3,7,20-22H2,1H3,(H,34,36)(H,35,37). The van der Waals surface area contributed by atoms with Gasteiger partial charge in [-0.15, -0.1) is 0 Å². The zero-order valence-electron chi connectivity index (χ0n) is 22.2. The second kappa shape index (κ2) is 13.1. The smallest absolute Gasteiger partial charge is 0.251 e. The third kappa shape index (κ3) is 6.84. The Morgan fingerprint density at radius 1 is 0.795 bits per heavy atom. The highest BCUT2D eigenvalue weighted by Gasteiger charge is 2.09. The van der Waals surface area contributed by atoms with Gasteiger partial charge in [-0.1, -0.05) is 74.0 Å². The van der Waals surface area contributed by atoms with Gasteiger partial charge in [-0.05, 0) is 83.0 Å². The van der Waals surface area contributed by atoms with Gasteiger partial charge in [-0.25, -0.2) is 0 Å². The molecule has 1 aromatic heterocycles. The molecular weight excluding hydrogens is 502 g/mol. The number of ether oxygens (including phenoxy) is 1. The summed E-state index contributed by atoms with van der Waals surface area (Å²) in [6.07, 6.45) is 2.98. The van der Waals surface area contributed by atoms with Crippen LogP contribution in [0.25, 0.3) is 32.3 Å². The number of carbonyl (C=O) groups excluding carboxylic acids is 1. The molecule has 0 atom stereocenters. The minimum Gasteiger partial charge on any atom is -0.494 e. The Bertz CT molecular complexity index is 1500. The van der Waals surface area contributed by atoms with E-state index in [-0.39, 0.29) is 5.91 Å². The first-order chi connectivity index (χ1) is 19.2. The molecule has 5 nitrogen and oxygen atoms in total. The summed E-state index contributed by atoms with van der Waals surface area (Å²) in [6.45, 7) is 4.21. The second-order valence-electron chi connectivity index (χ2n) is 9.45. The van der Waals surface area contributed by atoms with Crippen molar-refractivity contribution in [3.63, 3.8) is 0 Å². The summed E-state index contributed by atoms with van der Waals surface area (Å²) >= 11 is 1.50. The van der Waals surface area contributed by atoms with Crippen LogP contribution in [0, 0.1) is 0 Å². The lowest BCUT2D eigenvalue weighted by atomic mass is 10.0. The number of benzene rings is 4. The van der Waals surface area contributed by atoms with Gasteiger partial charge in [0, 0.05) is 24.0 Å². The van der Waals surface area contributed by atoms with E-state index in [0.29, 0.717) is 12.1 Å². The van der Waals surface area contributed by atoms with Crippen LogP contribution in [0.2, 0.25) is 0 Å². The van der Waals surface area contributed by atoms with E-state index in [4.69, 9.17) is 4.74 Å². The molecule has 5 aromatic rings. The molecule has 0 unspecified atom stereocenters. The number of rotatable bonds is 12. The first-order valence-electron chi connectivity index (χ1n) is 13.5. The number of unbranched alkanes of at least 4 members (excludes halogenated alkanes) is 1. The fourth-order valence-corrected chi connectivity index (χ4v) is 5.10. The van der Waals surface area contributed by atoms with E-state index in [1.807, 2.05) is 42.5 Å². The molecule has 4 aromatic carbocycles. The topological polar surface area (TPSA) is 63.2 Å². The monoisotopic (exact) mass is 535 g/mol. The van der Waals surface area contributed by atoms with E-state index in [2.05, 4.69) is 76.5 Å². The van der Waals surface area contributed by atoms with E-state index in [1.165, 1.54) is 22.7 Å². The highest BCUT2D eigenvalue weighted by atomic mass is 32.1. The maximum absolute atomic E-state index is 12.6. The van der Waals surface area contributed by atoms with E-state index in [0.717, 1.165) is 65.2 Å². The van der Waals surface area contributed by atoms with Crippen LogP contribution >= 0.6 is 11.5 Å². The normalized spacial score (nSPS) is 10.9. The molecule has 6 heteroatoms. The van der Waals surface area contributed by atoms with E-state index >= 15 is 0 Å². The number of amides is 1. The van der Waals surface area contributed by atoms with Crippen LogP contribution in [-0.2, 0) is 0 Å². The Balaban J connectivity index is 1.09. The minimum atomic E-state index is -0.0622. The summed E-state index contributed by atoms with van der Waals surface area (Å²) in [4.78, 5) is 12.6. The number of aromatic nitrogens is 1. The largest absolute Gasteiger partial charge is 0.494 e. The summed E-state index contributed by atoms with van der Waals surface area (Å²) in [7, 11) is 0. The molecule has 0 spiro atoms. The fourth-order valence-electron chi connectivity index (χ4n) is 4.37. The maximum Gasteiger partial charge on any atom is 0.251 e. The van der Waals surface area contributed by atoms with Gasteiger partial charge in [0.15, 0.2) is 0 Å². The van der Waals surface area contributed by atoms with Crippen LogP contribution < -0.4 is 15.4 Å². The predicted octanol–water partition coefficient (Wildman–Crippen LogP) is 8.04. The first-order valence-corrected chi connectivity index (χ1v) is 14.3. The van der Waals surface area contributed by atoms with Crippen molar-refractivity contribution in [2.24, 2.45) is 0 Å². The van der Waals surface area contributed by atoms with Crippen LogP contribution in [0.5, 0.6) is 5.75 Å². The summed E-state index contributed by atoms with van der Waals surface area (Å²) in [5, 5.41) is 7.60. The Morgan fingerprint density at radius 3 is 2.23 bits per heavy atom. The highest BCUT2D eigenvalue weighted by molar-refractivity contribution is 7.13. The third-order valence-corrected chi connectivity index (χ3v) is 7.44. The molecule has 0 saturated heterocycles.